The van der Waals surface area contributed by atoms with Crippen LogP contribution in [-0.2, 0) is 16.0 Å². The number of hydrogen-bond acceptors (Lipinski definition) is 5. The average Bonchev–Trinajstić information content (AvgIpc) is 3.14. The van der Waals surface area contributed by atoms with Crippen molar-refractivity contribution < 1.29 is 24.2 Å². The molecule has 1 aliphatic rings. The second kappa shape index (κ2) is 9.66. The number of hydrogen-bond donors (Lipinski definition) is 1. The number of benzene rings is 3. The van der Waals surface area contributed by atoms with Crippen molar-refractivity contribution in [2.45, 2.75) is 33.2 Å². The largest absolute Gasteiger partial charge is 0.507 e. The van der Waals surface area contributed by atoms with Gasteiger partial charge in [0.1, 0.15) is 5.76 Å². The molecule has 0 aliphatic carbocycles. The van der Waals surface area contributed by atoms with Gasteiger partial charge in [0.2, 0.25) is 0 Å². The number of aliphatic hydroxyl groups excluding tert-OH is 1. The molecule has 0 saturated carbocycles. The summed E-state index contributed by atoms with van der Waals surface area (Å²) in [7, 11) is 3.04. The SMILES string of the molecule is CCc1ccc(C2/C(=C(\O)c3cc(C)ccc3C)C(=O)C(=O)N2c2ccc(OC)c(OC)c2)cc1. The molecule has 1 aliphatic heterocycles. The molecule has 1 saturated heterocycles. The summed E-state index contributed by atoms with van der Waals surface area (Å²) >= 11 is 0. The Kier molecular flexibility index (Phi) is 6.65. The Labute approximate surface area is 205 Å². The minimum atomic E-state index is -0.807. The van der Waals surface area contributed by atoms with E-state index in [0.29, 0.717) is 22.7 Å². The second-order valence-corrected chi connectivity index (χ2v) is 8.62. The Hall–Kier alpha value is -4.06. The fraction of sp³-hybridized carbons (Fsp3) is 0.241. The quantitative estimate of drug-likeness (QED) is 0.291. The monoisotopic (exact) mass is 471 g/mol. The Bertz CT molecular complexity index is 1320. The van der Waals surface area contributed by atoms with Crippen molar-refractivity contribution >= 4 is 23.1 Å². The van der Waals surface area contributed by atoms with Gasteiger partial charge < -0.3 is 14.6 Å². The molecule has 1 unspecified atom stereocenters. The molecule has 0 bridgehead atoms. The highest BCUT2D eigenvalue weighted by Crippen LogP contribution is 2.44. The first-order chi connectivity index (χ1) is 16.8. The van der Waals surface area contributed by atoms with Crippen molar-refractivity contribution in [3.8, 4) is 11.5 Å². The van der Waals surface area contributed by atoms with Gasteiger partial charge in [0, 0.05) is 17.3 Å². The Morgan fingerprint density at radius 3 is 2.23 bits per heavy atom. The lowest BCUT2D eigenvalue weighted by Gasteiger charge is -2.26. The van der Waals surface area contributed by atoms with Crippen LogP contribution in [0.2, 0.25) is 0 Å². The van der Waals surface area contributed by atoms with Gasteiger partial charge in [0.25, 0.3) is 11.7 Å². The lowest BCUT2D eigenvalue weighted by atomic mass is 9.92. The van der Waals surface area contributed by atoms with Crippen molar-refractivity contribution in [1.82, 2.24) is 0 Å². The maximum Gasteiger partial charge on any atom is 0.300 e. The number of aryl methyl sites for hydroxylation is 3. The van der Waals surface area contributed by atoms with E-state index in [1.807, 2.05) is 56.3 Å². The van der Waals surface area contributed by atoms with E-state index in [4.69, 9.17) is 9.47 Å². The van der Waals surface area contributed by atoms with Gasteiger partial charge in [-0.05, 0) is 55.2 Å². The first-order valence-electron chi connectivity index (χ1n) is 11.5. The maximum atomic E-state index is 13.4. The molecule has 3 aromatic carbocycles. The third kappa shape index (κ3) is 4.28. The molecule has 35 heavy (non-hydrogen) atoms. The van der Waals surface area contributed by atoms with E-state index in [2.05, 4.69) is 6.92 Å². The Balaban J connectivity index is 1.97. The van der Waals surface area contributed by atoms with Gasteiger partial charge in [0.15, 0.2) is 11.5 Å². The molecule has 1 amide bonds. The third-order valence-electron chi connectivity index (χ3n) is 6.44. The van der Waals surface area contributed by atoms with E-state index in [-0.39, 0.29) is 11.3 Å². The maximum absolute atomic E-state index is 13.4. The summed E-state index contributed by atoms with van der Waals surface area (Å²) in [5.74, 6) is -0.693. The van der Waals surface area contributed by atoms with Crippen LogP contribution in [0, 0.1) is 13.8 Å². The fourth-order valence-corrected chi connectivity index (χ4v) is 4.46. The van der Waals surface area contributed by atoms with Crippen molar-refractivity contribution in [2.24, 2.45) is 0 Å². The van der Waals surface area contributed by atoms with Crippen LogP contribution in [0.4, 0.5) is 5.69 Å². The standard InChI is InChI=1S/C29H29NO5/c1-6-19-9-11-20(12-10-19)26-25(27(31)22-15-17(2)7-8-18(22)3)28(32)29(33)30(26)21-13-14-23(34-4)24(16-21)35-5/h7-16,26,31H,6H2,1-5H3/b27-25+. The van der Waals surface area contributed by atoms with Gasteiger partial charge in [-0.3, -0.25) is 14.5 Å². The molecule has 0 radical (unpaired) electrons. The topological polar surface area (TPSA) is 76.1 Å². The highest BCUT2D eigenvalue weighted by atomic mass is 16.5. The molecule has 180 valence electrons. The number of Topliss-reactive ketones (excluding diaryl/α,β-unsaturated/α-hetero) is 1. The van der Waals surface area contributed by atoms with E-state index >= 15 is 0 Å². The first-order valence-corrected chi connectivity index (χ1v) is 11.5. The molecule has 3 aromatic rings. The van der Waals surface area contributed by atoms with E-state index < -0.39 is 17.7 Å². The highest BCUT2D eigenvalue weighted by Gasteiger charge is 2.47. The minimum Gasteiger partial charge on any atom is -0.507 e. The van der Waals surface area contributed by atoms with Crippen LogP contribution < -0.4 is 14.4 Å². The molecule has 6 heteroatoms. The zero-order valence-corrected chi connectivity index (χ0v) is 20.6. The van der Waals surface area contributed by atoms with E-state index in [0.717, 1.165) is 28.7 Å². The van der Waals surface area contributed by atoms with Gasteiger partial charge >= 0.3 is 0 Å². The number of ether oxygens (including phenoxy) is 2. The lowest BCUT2D eigenvalue weighted by Crippen LogP contribution is -2.29. The van der Waals surface area contributed by atoms with Gasteiger partial charge in [-0.2, -0.15) is 0 Å². The van der Waals surface area contributed by atoms with Crippen LogP contribution in [0.25, 0.3) is 5.76 Å². The number of methoxy groups -OCH3 is 2. The number of rotatable bonds is 6. The van der Waals surface area contributed by atoms with Crippen LogP contribution in [0.15, 0.2) is 66.2 Å². The van der Waals surface area contributed by atoms with Crippen LogP contribution in [-0.4, -0.2) is 31.0 Å². The van der Waals surface area contributed by atoms with E-state index in [1.54, 1.807) is 18.2 Å². The summed E-state index contributed by atoms with van der Waals surface area (Å²) in [6.45, 7) is 5.84. The summed E-state index contributed by atoms with van der Waals surface area (Å²) in [4.78, 5) is 28.3. The lowest BCUT2D eigenvalue weighted by molar-refractivity contribution is -0.132. The van der Waals surface area contributed by atoms with Crippen LogP contribution in [0.1, 0.15) is 40.8 Å². The van der Waals surface area contributed by atoms with Crippen molar-refractivity contribution in [3.05, 3.63) is 94.1 Å². The number of carbonyl (C=O) groups excluding carboxylic acids is 2. The van der Waals surface area contributed by atoms with Crippen molar-refractivity contribution in [2.75, 3.05) is 19.1 Å². The number of aliphatic hydroxyl groups is 1. The van der Waals surface area contributed by atoms with Crippen molar-refractivity contribution in [1.29, 1.82) is 0 Å². The molecule has 1 fully saturated rings. The van der Waals surface area contributed by atoms with Gasteiger partial charge in [-0.25, -0.2) is 0 Å². The van der Waals surface area contributed by atoms with Gasteiger partial charge in [0.05, 0.1) is 25.8 Å². The molecule has 1 N–H and O–H groups in total. The molecular weight excluding hydrogens is 442 g/mol. The number of ketones is 1. The normalized spacial score (nSPS) is 17.1. The second-order valence-electron chi connectivity index (χ2n) is 8.62. The molecule has 0 aromatic heterocycles. The predicted octanol–water partition coefficient (Wildman–Crippen LogP) is 5.51. The summed E-state index contributed by atoms with van der Waals surface area (Å²) in [6, 6.07) is 17.7. The van der Waals surface area contributed by atoms with Crippen LogP contribution in [0.5, 0.6) is 11.5 Å². The minimum absolute atomic E-state index is 0.0581. The Morgan fingerprint density at radius 2 is 1.60 bits per heavy atom. The summed E-state index contributed by atoms with van der Waals surface area (Å²) in [5, 5.41) is 11.4. The van der Waals surface area contributed by atoms with Crippen LogP contribution >= 0.6 is 0 Å². The van der Waals surface area contributed by atoms with Crippen molar-refractivity contribution in [3.63, 3.8) is 0 Å². The predicted molar refractivity (Wildman–Crippen MR) is 136 cm³/mol. The van der Waals surface area contributed by atoms with Gasteiger partial charge in [-0.15, -0.1) is 0 Å². The fourth-order valence-electron chi connectivity index (χ4n) is 4.46. The molecule has 6 nitrogen and oxygen atoms in total. The average molecular weight is 472 g/mol. The molecule has 0 spiro atoms. The summed E-state index contributed by atoms with van der Waals surface area (Å²) in [6.07, 6.45) is 0.860. The zero-order chi connectivity index (χ0) is 25.3. The summed E-state index contributed by atoms with van der Waals surface area (Å²) in [5.41, 5.74) is 4.66. The number of amides is 1. The van der Waals surface area contributed by atoms with E-state index in [9.17, 15) is 14.7 Å². The van der Waals surface area contributed by atoms with Crippen LogP contribution in [0.3, 0.4) is 0 Å². The smallest absolute Gasteiger partial charge is 0.300 e. The molecule has 1 heterocycles. The number of carbonyl (C=O) groups is 2. The Morgan fingerprint density at radius 1 is 0.914 bits per heavy atom. The summed E-state index contributed by atoms with van der Waals surface area (Å²) < 4.78 is 10.8. The molecular formula is C29H29NO5. The number of nitrogens with zero attached hydrogens (tertiary/aromatic N) is 1. The number of anilines is 1. The third-order valence-corrected chi connectivity index (χ3v) is 6.44. The molecule has 1 atom stereocenters. The zero-order valence-electron chi connectivity index (χ0n) is 20.6. The molecule has 4 rings (SSSR count). The first kappa shape index (κ1) is 24.1. The van der Waals surface area contributed by atoms with E-state index in [1.165, 1.54) is 19.1 Å². The highest BCUT2D eigenvalue weighted by molar-refractivity contribution is 6.51. The van der Waals surface area contributed by atoms with Gasteiger partial charge in [-0.1, -0.05) is 48.9 Å².